The highest BCUT2D eigenvalue weighted by Crippen LogP contribution is 2.09. The lowest BCUT2D eigenvalue weighted by Gasteiger charge is -2.14. The quantitative estimate of drug-likeness (QED) is 0.766. The molecular weight excluding hydrogens is 198 g/mol. The highest BCUT2D eigenvalue weighted by Gasteiger charge is 2.17. The van der Waals surface area contributed by atoms with Crippen molar-refractivity contribution in [3.05, 3.63) is 35.9 Å². The van der Waals surface area contributed by atoms with Gasteiger partial charge in [-0.2, -0.15) is 0 Å². The monoisotopic (exact) mass is 215 g/mol. The first kappa shape index (κ1) is 12.3. The maximum absolute atomic E-state index is 11.7. The van der Waals surface area contributed by atoms with Crippen molar-refractivity contribution in [1.82, 2.24) is 5.32 Å². The van der Waals surface area contributed by atoms with E-state index in [9.17, 15) is 4.79 Å². The van der Waals surface area contributed by atoms with E-state index in [-0.39, 0.29) is 17.7 Å². The Hall–Kier alpha value is -1.75. The Bertz CT molecular complexity index is 377. The van der Waals surface area contributed by atoms with Crippen molar-refractivity contribution < 1.29 is 4.79 Å². The molecular formula is C14H17NO. The second kappa shape index (κ2) is 5.97. The van der Waals surface area contributed by atoms with Gasteiger partial charge in [0.25, 0.3) is 0 Å². The van der Waals surface area contributed by atoms with Crippen LogP contribution in [0, 0.1) is 24.2 Å². The minimum absolute atomic E-state index is 0.00861. The van der Waals surface area contributed by atoms with Crippen LogP contribution in [0.1, 0.15) is 19.4 Å². The van der Waals surface area contributed by atoms with Crippen LogP contribution in [0.4, 0.5) is 0 Å². The molecule has 0 aliphatic heterocycles. The van der Waals surface area contributed by atoms with Crippen LogP contribution in [0.5, 0.6) is 0 Å². The van der Waals surface area contributed by atoms with Gasteiger partial charge in [0.05, 0.1) is 0 Å². The van der Waals surface area contributed by atoms with E-state index in [1.807, 2.05) is 44.2 Å². The van der Waals surface area contributed by atoms with Crippen LogP contribution in [0.25, 0.3) is 0 Å². The number of carbonyl (C=O) groups excluding carboxylic acids is 1. The Labute approximate surface area is 97.1 Å². The van der Waals surface area contributed by atoms with Gasteiger partial charge in [-0.3, -0.25) is 4.79 Å². The van der Waals surface area contributed by atoms with Gasteiger partial charge in [0, 0.05) is 18.4 Å². The van der Waals surface area contributed by atoms with Gasteiger partial charge in [-0.05, 0) is 5.56 Å². The summed E-state index contributed by atoms with van der Waals surface area (Å²) in [5.41, 5.74) is 1.09. The predicted molar refractivity (Wildman–Crippen MR) is 65.4 cm³/mol. The highest BCUT2D eigenvalue weighted by atomic mass is 16.1. The third kappa shape index (κ3) is 3.43. The number of amides is 1. The molecule has 0 fully saturated rings. The van der Waals surface area contributed by atoms with Crippen molar-refractivity contribution in [2.45, 2.75) is 20.4 Å². The summed E-state index contributed by atoms with van der Waals surface area (Å²) in [6.45, 7) is 4.29. The van der Waals surface area contributed by atoms with E-state index in [4.69, 9.17) is 6.42 Å². The van der Waals surface area contributed by atoms with Crippen LogP contribution < -0.4 is 5.32 Å². The average molecular weight is 215 g/mol. The highest BCUT2D eigenvalue weighted by molar-refractivity contribution is 5.78. The lowest BCUT2D eigenvalue weighted by atomic mass is 9.96. The van der Waals surface area contributed by atoms with Crippen molar-refractivity contribution in [1.29, 1.82) is 0 Å². The molecule has 2 atom stereocenters. The average Bonchev–Trinajstić information content (AvgIpc) is 2.35. The largest absolute Gasteiger partial charge is 0.352 e. The molecule has 0 aliphatic carbocycles. The number of hydrogen-bond donors (Lipinski definition) is 1. The topological polar surface area (TPSA) is 29.1 Å². The molecule has 1 N–H and O–H groups in total. The fourth-order valence-electron chi connectivity index (χ4n) is 1.32. The molecule has 0 saturated heterocycles. The molecule has 0 spiro atoms. The fourth-order valence-corrected chi connectivity index (χ4v) is 1.32. The molecule has 0 unspecified atom stereocenters. The van der Waals surface area contributed by atoms with Gasteiger partial charge < -0.3 is 5.32 Å². The number of hydrogen-bond acceptors (Lipinski definition) is 1. The Morgan fingerprint density at radius 1 is 1.38 bits per heavy atom. The molecule has 2 nitrogen and oxygen atoms in total. The third-order valence-corrected chi connectivity index (χ3v) is 2.74. The van der Waals surface area contributed by atoms with Gasteiger partial charge in [-0.25, -0.2) is 0 Å². The maximum atomic E-state index is 11.7. The number of benzene rings is 1. The molecule has 1 rings (SSSR count). The first-order chi connectivity index (χ1) is 7.65. The fraction of sp³-hybridized carbons (Fsp3) is 0.357. The van der Waals surface area contributed by atoms with Gasteiger partial charge in [0.1, 0.15) is 0 Å². The number of terminal acetylenes is 1. The molecule has 0 aliphatic rings. The summed E-state index contributed by atoms with van der Waals surface area (Å²) < 4.78 is 0. The summed E-state index contributed by atoms with van der Waals surface area (Å²) in [6.07, 6.45) is 5.29. The number of rotatable bonds is 4. The van der Waals surface area contributed by atoms with E-state index in [1.54, 1.807) is 0 Å². The standard InChI is InChI=1S/C14H17NO/c1-4-11(2)12(3)14(16)15-10-13-8-6-5-7-9-13/h1,5-9,11-12H,10H2,2-3H3,(H,15,16)/t11-,12+/m0/s1. The van der Waals surface area contributed by atoms with E-state index in [1.165, 1.54) is 0 Å². The summed E-state index contributed by atoms with van der Waals surface area (Å²) in [4.78, 5) is 11.7. The molecule has 16 heavy (non-hydrogen) atoms. The molecule has 84 valence electrons. The van der Waals surface area contributed by atoms with Gasteiger partial charge in [0.2, 0.25) is 5.91 Å². The van der Waals surface area contributed by atoms with Gasteiger partial charge in [-0.15, -0.1) is 12.3 Å². The Balaban J connectivity index is 2.45. The van der Waals surface area contributed by atoms with Crippen LogP contribution in [0.2, 0.25) is 0 Å². The lowest BCUT2D eigenvalue weighted by Crippen LogP contribution is -2.31. The summed E-state index contributed by atoms with van der Waals surface area (Å²) >= 11 is 0. The van der Waals surface area contributed by atoms with Crippen LogP contribution in [-0.4, -0.2) is 5.91 Å². The van der Waals surface area contributed by atoms with Crippen molar-refractivity contribution in [2.75, 3.05) is 0 Å². The van der Waals surface area contributed by atoms with Crippen LogP contribution in [0.15, 0.2) is 30.3 Å². The predicted octanol–water partition coefficient (Wildman–Crippen LogP) is 2.21. The number of carbonyl (C=O) groups is 1. The van der Waals surface area contributed by atoms with E-state index in [0.717, 1.165) is 5.56 Å². The zero-order valence-corrected chi connectivity index (χ0v) is 9.73. The van der Waals surface area contributed by atoms with E-state index < -0.39 is 0 Å². The molecule has 1 aromatic carbocycles. The van der Waals surface area contributed by atoms with Crippen LogP contribution in [0.3, 0.4) is 0 Å². The number of nitrogens with one attached hydrogen (secondary N) is 1. The third-order valence-electron chi connectivity index (χ3n) is 2.74. The lowest BCUT2D eigenvalue weighted by molar-refractivity contribution is -0.125. The van der Waals surface area contributed by atoms with Gasteiger partial charge in [0.15, 0.2) is 0 Å². The van der Waals surface area contributed by atoms with Crippen LogP contribution >= 0.6 is 0 Å². The smallest absolute Gasteiger partial charge is 0.224 e. The Kier molecular flexibility index (Phi) is 4.60. The molecule has 0 heterocycles. The molecule has 1 amide bonds. The molecule has 2 heteroatoms. The molecule has 0 radical (unpaired) electrons. The first-order valence-corrected chi connectivity index (χ1v) is 5.43. The molecule has 0 aromatic heterocycles. The summed E-state index contributed by atoms with van der Waals surface area (Å²) in [6, 6.07) is 9.82. The van der Waals surface area contributed by atoms with E-state index in [2.05, 4.69) is 11.2 Å². The van der Waals surface area contributed by atoms with E-state index in [0.29, 0.717) is 6.54 Å². The SMILES string of the molecule is C#C[C@H](C)[C@@H](C)C(=O)NCc1ccccc1. The molecule has 0 bridgehead atoms. The summed E-state index contributed by atoms with van der Waals surface area (Å²) in [5, 5.41) is 2.88. The Morgan fingerprint density at radius 3 is 2.56 bits per heavy atom. The molecule has 0 saturated carbocycles. The second-order valence-corrected chi connectivity index (χ2v) is 3.95. The van der Waals surface area contributed by atoms with Crippen LogP contribution in [-0.2, 0) is 11.3 Å². The van der Waals surface area contributed by atoms with Gasteiger partial charge >= 0.3 is 0 Å². The molecule has 1 aromatic rings. The Morgan fingerprint density at radius 2 is 2.00 bits per heavy atom. The normalized spacial score (nSPS) is 13.6. The van der Waals surface area contributed by atoms with Gasteiger partial charge in [-0.1, -0.05) is 44.2 Å². The minimum Gasteiger partial charge on any atom is -0.352 e. The van der Waals surface area contributed by atoms with Crippen molar-refractivity contribution in [3.8, 4) is 12.3 Å². The summed E-state index contributed by atoms with van der Waals surface area (Å²) in [7, 11) is 0. The maximum Gasteiger partial charge on any atom is 0.224 e. The zero-order valence-electron chi connectivity index (χ0n) is 9.73. The minimum atomic E-state index is -0.145. The first-order valence-electron chi connectivity index (χ1n) is 5.43. The van der Waals surface area contributed by atoms with Crippen molar-refractivity contribution in [2.24, 2.45) is 11.8 Å². The zero-order chi connectivity index (χ0) is 12.0. The van der Waals surface area contributed by atoms with Crippen molar-refractivity contribution >= 4 is 5.91 Å². The second-order valence-electron chi connectivity index (χ2n) is 3.95. The summed E-state index contributed by atoms with van der Waals surface area (Å²) in [5.74, 6) is 2.42. The van der Waals surface area contributed by atoms with Crippen molar-refractivity contribution in [3.63, 3.8) is 0 Å². The van der Waals surface area contributed by atoms with E-state index >= 15 is 0 Å².